The molecular weight excluding hydrogens is 458 g/mol. The molecule has 0 bridgehead atoms. The molecule has 35 heavy (non-hydrogen) atoms. The molecule has 0 radical (unpaired) electrons. The second-order valence-electron chi connectivity index (χ2n) is 8.86. The van der Waals surface area contributed by atoms with Crippen LogP contribution in [0.15, 0.2) is 53.7 Å². The lowest BCUT2D eigenvalue weighted by Crippen LogP contribution is -2.42. The van der Waals surface area contributed by atoms with E-state index in [2.05, 4.69) is 33.4 Å². The molecule has 1 saturated heterocycles. The van der Waals surface area contributed by atoms with Gasteiger partial charge < -0.3 is 25.5 Å². The quantitative estimate of drug-likeness (QED) is 0.274. The van der Waals surface area contributed by atoms with Crippen molar-refractivity contribution in [1.29, 1.82) is 5.41 Å². The van der Waals surface area contributed by atoms with E-state index in [0.717, 1.165) is 42.1 Å². The summed E-state index contributed by atoms with van der Waals surface area (Å²) < 4.78 is 9.69. The molecule has 3 heterocycles. The van der Waals surface area contributed by atoms with Crippen molar-refractivity contribution in [3.05, 3.63) is 54.4 Å². The topological polar surface area (TPSA) is 113 Å². The second-order valence-corrected chi connectivity index (χ2v) is 9.74. The van der Waals surface area contributed by atoms with Crippen LogP contribution in [0.5, 0.6) is 5.88 Å². The number of nitrogen functional groups attached to an aromatic ring is 1. The van der Waals surface area contributed by atoms with Crippen LogP contribution in [0.25, 0.3) is 11.4 Å². The van der Waals surface area contributed by atoms with Crippen LogP contribution in [0.4, 0.5) is 11.5 Å². The Kier molecular flexibility index (Phi) is 8.20. The summed E-state index contributed by atoms with van der Waals surface area (Å²) >= 11 is 1.50. The van der Waals surface area contributed by atoms with Crippen LogP contribution in [-0.2, 0) is 0 Å². The van der Waals surface area contributed by atoms with Gasteiger partial charge in [-0.2, -0.15) is 4.98 Å². The van der Waals surface area contributed by atoms with Crippen molar-refractivity contribution in [2.24, 2.45) is 0 Å². The zero-order valence-electron chi connectivity index (χ0n) is 20.5. The third-order valence-electron chi connectivity index (χ3n) is 6.11. The predicted molar refractivity (Wildman–Crippen MR) is 143 cm³/mol. The van der Waals surface area contributed by atoms with Crippen molar-refractivity contribution in [2.45, 2.75) is 57.1 Å². The van der Waals surface area contributed by atoms with Gasteiger partial charge >= 0.3 is 0 Å². The Bertz CT molecular complexity index is 1130. The first-order chi connectivity index (χ1) is 16.9. The molecule has 184 valence electrons. The number of aromatic nitrogens is 3. The van der Waals surface area contributed by atoms with Gasteiger partial charge in [-0.25, -0.2) is 4.98 Å². The summed E-state index contributed by atoms with van der Waals surface area (Å²) in [6, 6.07) is 12.3. The molecular formula is C26H33N7OS. The first-order valence-electron chi connectivity index (χ1n) is 12.0. The van der Waals surface area contributed by atoms with Crippen molar-refractivity contribution in [3.63, 3.8) is 0 Å². The molecule has 1 fully saturated rings. The highest BCUT2D eigenvalue weighted by Gasteiger charge is 2.25. The molecule has 3 aromatic rings. The Morgan fingerprint density at radius 3 is 2.57 bits per heavy atom. The first-order valence-corrected chi connectivity index (χ1v) is 12.9. The Morgan fingerprint density at radius 2 is 1.94 bits per heavy atom. The number of rotatable bonds is 9. The van der Waals surface area contributed by atoms with Crippen LogP contribution in [-0.4, -0.2) is 50.8 Å². The Balaban J connectivity index is 1.53. The van der Waals surface area contributed by atoms with Crippen LogP contribution >= 0.6 is 11.9 Å². The third kappa shape index (κ3) is 6.29. The number of hydrogen-bond donors (Lipinski definition) is 3. The maximum Gasteiger partial charge on any atom is 0.228 e. The summed E-state index contributed by atoms with van der Waals surface area (Å²) in [5.41, 5.74) is 9.02. The number of piperidine rings is 1. The highest BCUT2D eigenvalue weighted by molar-refractivity contribution is 8.00. The van der Waals surface area contributed by atoms with Crippen molar-refractivity contribution in [3.8, 4) is 17.3 Å². The lowest BCUT2D eigenvalue weighted by atomic mass is 10.1. The monoisotopic (exact) mass is 491 g/mol. The Labute approximate surface area is 211 Å². The molecule has 1 aliphatic heterocycles. The molecule has 0 spiro atoms. The molecule has 0 unspecified atom stereocenters. The van der Waals surface area contributed by atoms with Crippen molar-refractivity contribution in [1.82, 2.24) is 19.9 Å². The van der Waals surface area contributed by atoms with Crippen LogP contribution in [0.1, 0.15) is 45.6 Å². The maximum atomic E-state index is 8.42. The smallest absolute Gasteiger partial charge is 0.228 e. The van der Waals surface area contributed by atoms with E-state index in [1.165, 1.54) is 11.9 Å². The standard InChI is InChI=1S/C26H33N7OS/c1-4-22(27)23-24(28)30-25(31-26(23)34-20-11-14-33(15-12-20)17(2)3)18-7-9-19(10-8-18)32-35-21-6-5-13-29-16-21/h5-10,13,16-17,20,27,32H,4,11-12,14-15H2,1-3H3,(H2,28,30,31). The fraction of sp³-hybridized carbons (Fsp3) is 0.385. The van der Waals surface area contributed by atoms with Gasteiger partial charge in [-0.15, -0.1) is 0 Å². The van der Waals surface area contributed by atoms with Crippen molar-refractivity contribution >= 4 is 29.2 Å². The number of nitrogens with two attached hydrogens (primary N) is 1. The van der Waals surface area contributed by atoms with E-state index >= 15 is 0 Å². The highest BCUT2D eigenvalue weighted by Crippen LogP contribution is 2.30. The summed E-state index contributed by atoms with van der Waals surface area (Å²) in [6.07, 6.45) is 5.99. The average Bonchev–Trinajstić information content (AvgIpc) is 2.88. The van der Waals surface area contributed by atoms with Gasteiger partial charge in [0, 0.05) is 53.4 Å². The van der Waals surface area contributed by atoms with Gasteiger partial charge in [-0.05, 0) is 81.5 Å². The van der Waals surface area contributed by atoms with Gasteiger partial charge in [0.05, 0.1) is 5.56 Å². The van der Waals surface area contributed by atoms with E-state index in [-0.39, 0.29) is 11.9 Å². The molecule has 2 aromatic heterocycles. The molecule has 8 nitrogen and oxygen atoms in total. The second kappa shape index (κ2) is 11.5. The van der Waals surface area contributed by atoms with Gasteiger partial charge in [-0.3, -0.25) is 4.98 Å². The van der Waals surface area contributed by atoms with E-state index in [9.17, 15) is 0 Å². The van der Waals surface area contributed by atoms with E-state index in [1.54, 1.807) is 6.20 Å². The van der Waals surface area contributed by atoms with Crippen molar-refractivity contribution < 1.29 is 4.74 Å². The van der Waals surface area contributed by atoms with Gasteiger partial charge in [0.1, 0.15) is 11.9 Å². The molecule has 1 aliphatic rings. The van der Waals surface area contributed by atoms with Crippen LogP contribution < -0.4 is 15.2 Å². The maximum absolute atomic E-state index is 8.42. The Hall–Kier alpha value is -3.17. The van der Waals surface area contributed by atoms with E-state index in [0.29, 0.717) is 35.4 Å². The molecule has 0 saturated carbocycles. The number of hydrogen-bond acceptors (Lipinski definition) is 9. The van der Waals surface area contributed by atoms with Crippen LogP contribution in [0.3, 0.4) is 0 Å². The van der Waals surface area contributed by atoms with Crippen LogP contribution in [0.2, 0.25) is 0 Å². The van der Waals surface area contributed by atoms with Gasteiger partial charge in [0.2, 0.25) is 5.88 Å². The number of pyridine rings is 1. The molecule has 1 aromatic carbocycles. The van der Waals surface area contributed by atoms with E-state index in [4.69, 9.17) is 20.9 Å². The third-order valence-corrected chi connectivity index (χ3v) is 6.92. The van der Waals surface area contributed by atoms with Gasteiger partial charge in [0.15, 0.2) is 5.82 Å². The molecule has 9 heteroatoms. The fourth-order valence-electron chi connectivity index (χ4n) is 4.01. The zero-order valence-corrected chi connectivity index (χ0v) is 21.3. The minimum atomic E-state index is 0.0478. The lowest BCUT2D eigenvalue weighted by Gasteiger charge is -2.34. The normalized spacial score (nSPS) is 14.7. The number of ether oxygens (including phenoxy) is 1. The van der Waals surface area contributed by atoms with Crippen molar-refractivity contribution in [2.75, 3.05) is 23.5 Å². The molecule has 4 N–H and O–H groups in total. The minimum Gasteiger partial charge on any atom is -0.474 e. The molecule has 0 amide bonds. The summed E-state index contributed by atoms with van der Waals surface area (Å²) in [4.78, 5) is 16.9. The number of nitrogens with one attached hydrogen (secondary N) is 2. The van der Waals surface area contributed by atoms with Crippen LogP contribution in [0, 0.1) is 5.41 Å². The molecule has 0 aliphatic carbocycles. The van der Waals surface area contributed by atoms with E-state index < -0.39 is 0 Å². The first kappa shape index (κ1) is 24.9. The summed E-state index contributed by atoms with van der Waals surface area (Å²) in [6.45, 7) is 8.34. The zero-order chi connectivity index (χ0) is 24.8. The lowest BCUT2D eigenvalue weighted by molar-refractivity contribution is 0.0812. The summed E-state index contributed by atoms with van der Waals surface area (Å²) in [5, 5.41) is 8.42. The highest BCUT2D eigenvalue weighted by atomic mass is 32.2. The number of nitrogens with zero attached hydrogens (tertiary/aromatic N) is 4. The number of benzene rings is 1. The summed E-state index contributed by atoms with van der Waals surface area (Å²) in [5.74, 6) is 1.19. The summed E-state index contributed by atoms with van der Waals surface area (Å²) in [7, 11) is 0. The molecule has 0 atom stereocenters. The van der Waals surface area contributed by atoms with Gasteiger partial charge in [0.25, 0.3) is 0 Å². The molecule has 4 rings (SSSR count). The number of anilines is 2. The Morgan fingerprint density at radius 1 is 1.20 bits per heavy atom. The average molecular weight is 492 g/mol. The fourth-order valence-corrected chi connectivity index (χ4v) is 4.64. The number of likely N-dealkylation sites (tertiary alicyclic amines) is 1. The SMILES string of the molecule is CCC(=N)c1c(N)nc(-c2ccc(NSc3cccnc3)cc2)nc1OC1CCN(C(C)C)CC1. The van der Waals surface area contributed by atoms with Gasteiger partial charge in [-0.1, -0.05) is 6.92 Å². The minimum absolute atomic E-state index is 0.0478. The predicted octanol–water partition coefficient (Wildman–Crippen LogP) is 5.27. The largest absolute Gasteiger partial charge is 0.474 e. The van der Waals surface area contributed by atoms with E-state index in [1.807, 2.05) is 49.5 Å².